The first kappa shape index (κ1) is 26.9. The monoisotopic (exact) mass is 504 g/mol. The molecule has 0 aliphatic heterocycles. The van der Waals surface area contributed by atoms with E-state index in [2.05, 4.69) is 23.3 Å². The largest absolute Gasteiger partial charge is 0.380 e. The Kier molecular flexibility index (Phi) is 8.02. The fourth-order valence-corrected chi connectivity index (χ4v) is 5.89. The van der Waals surface area contributed by atoms with E-state index in [9.17, 15) is 14.3 Å². The van der Waals surface area contributed by atoms with E-state index in [4.69, 9.17) is 10.4 Å². The molecule has 0 bridgehead atoms. The Balaban J connectivity index is 1.61. The lowest BCUT2D eigenvalue weighted by Gasteiger charge is -2.40. The molecule has 0 radical (unpaired) electrons. The van der Waals surface area contributed by atoms with Crippen molar-refractivity contribution >= 4 is 23.5 Å². The number of nitrogens with one attached hydrogen (secondary N) is 2. The molecule has 4 unspecified atom stereocenters. The summed E-state index contributed by atoms with van der Waals surface area (Å²) in [6.07, 6.45) is 11.1. The molecule has 2 aliphatic rings. The van der Waals surface area contributed by atoms with Crippen molar-refractivity contribution in [2.45, 2.75) is 70.9 Å². The highest BCUT2D eigenvalue weighted by molar-refractivity contribution is 6.08. The normalized spacial score (nSPS) is 25.3. The number of carbonyl (C=O) groups excluding carboxylic acids is 1. The van der Waals surface area contributed by atoms with Crippen LogP contribution in [0.15, 0.2) is 65.4 Å². The summed E-state index contributed by atoms with van der Waals surface area (Å²) in [6.45, 7) is 5.90. The molecular weight excluding hydrogens is 467 g/mol. The van der Waals surface area contributed by atoms with E-state index in [0.29, 0.717) is 24.9 Å². The number of fused-ring (bicyclic) bond motifs is 1. The van der Waals surface area contributed by atoms with Crippen molar-refractivity contribution < 1.29 is 14.3 Å². The molecule has 1 heterocycles. The summed E-state index contributed by atoms with van der Waals surface area (Å²) >= 11 is 0. The van der Waals surface area contributed by atoms with Crippen LogP contribution in [-0.2, 0) is 4.79 Å². The van der Waals surface area contributed by atoms with Gasteiger partial charge in [-0.1, -0.05) is 32.4 Å². The number of amides is 1. The molecule has 4 atom stereocenters. The lowest BCUT2D eigenvalue weighted by molar-refractivity contribution is -0.141. The fourth-order valence-electron chi connectivity index (χ4n) is 5.89. The van der Waals surface area contributed by atoms with Gasteiger partial charge in [-0.05, 0) is 91.8 Å². The molecule has 37 heavy (non-hydrogen) atoms. The molecule has 3 N–H and O–H groups in total. The Hall–Kier alpha value is -3.19. The third kappa shape index (κ3) is 5.57. The lowest BCUT2D eigenvalue weighted by atomic mass is 9.65. The van der Waals surface area contributed by atoms with Gasteiger partial charge in [0.05, 0.1) is 11.7 Å². The zero-order valence-electron chi connectivity index (χ0n) is 21.9. The Labute approximate surface area is 218 Å². The van der Waals surface area contributed by atoms with Crippen LogP contribution in [0, 0.1) is 28.5 Å². The zero-order valence-corrected chi connectivity index (χ0v) is 21.9. The predicted molar refractivity (Wildman–Crippen MR) is 145 cm³/mol. The van der Waals surface area contributed by atoms with E-state index in [0.717, 1.165) is 30.5 Å². The Morgan fingerprint density at radius 3 is 2.68 bits per heavy atom. The smallest absolute Gasteiger partial charge is 0.252 e. The van der Waals surface area contributed by atoms with Gasteiger partial charge in [0, 0.05) is 30.2 Å². The molecule has 4 rings (SSSR count). The van der Waals surface area contributed by atoms with Crippen LogP contribution in [0.25, 0.3) is 0 Å². The molecule has 6 nitrogen and oxygen atoms in total. The van der Waals surface area contributed by atoms with Gasteiger partial charge in [-0.2, -0.15) is 0 Å². The van der Waals surface area contributed by atoms with Gasteiger partial charge >= 0.3 is 0 Å². The first-order valence-electron chi connectivity index (χ1n) is 13.2. The molecule has 1 fully saturated rings. The maximum atomic E-state index is 13.3. The first-order valence-corrected chi connectivity index (χ1v) is 13.2. The number of aliphatic imine (C=N–C) groups is 1. The molecular formula is C30H37FN4O2. The van der Waals surface area contributed by atoms with Crippen molar-refractivity contribution in [3.05, 3.63) is 71.8 Å². The van der Waals surface area contributed by atoms with Crippen molar-refractivity contribution in [3.63, 3.8) is 0 Å². The number of hydrogen-bond acceptors (Lipinski definition) is 5. The standard InChI is InChI=1S/C30H37FN4O2/c1-4-30(37,5-2)28(36)35-26(20-7-6-14-33-19-20)15-22-8-9-23-16-27(21(18-32)17-29(22,23)3)34-25-12-10-24(31)11-13-25/h6-7,10-14,16,18-19,21-22,26,32,37H,4-5,8-9,15,17H2,1-3H3,(H,35,36). The number of rotatable bonds is 9. The summed E-state index contributed by atoms with van der Waals surface area (Å²) in [5.41, 5.74) is 2.21. The highest BCUT2D eigenvalue weighted by Gasteiger charge is 2.48. The van der Waals surface area contributed by atoms with Gasteiger partial charge in [0.15, 0.2) is 0 Å². The molecule has 1 saturated carbocycles. The third-order valence-electron chi connectivity index (χ3n) is 8.53. The molecule has 0 saturated heterocycles. The molecule has 1 amide bonds. The Bertz CT molecular complexity index is 1170. The summed E-state index contributed by atoms with van der Waals surface area (Å²) in [5, 5.41) is 22.1. The lowest BCUT2D eigenvalue weighted by Crippen LogP contribution is -2.47. The number of aliphatic hydroxyl groups is 1. The van der Waals surface area contributed by atoms with Crippen molar-refractivity contribution in [1.82, 2.24) is 10.3 Å². The van der Waals surface area contributed by atoms with Crippen LogP contribution < -0.4 is 5.32 Å². The van der Waals surface area contributed by atoms with Crippen molar-refractivity contribution in [2.24, 2.45) is 22.2 Å². The van der Waals surface area contributed by atoms with E-state index in [1.165, 1.54) is 23.9 Å². The minimum Gasteiger partial charge on any atom is -0.380 e. The molecule has 1 aromatic carbocycles. The molecule has 2 aliphatic carbocycles. The number of halogens is 1. The SMILES string of the molecule is CCC(O)(CC)C(=O)NC(CC1CCC2=CC(=Nc3ccc(F)cc3)C(C=N)CC21C)c1cccnc1. The van der Waals surface area contributed by atoms with Crippen molar-refractivity contribution in [1.29, 1.82) is 5.41 Å². The molecule has 2 aromatic rings. The van der Waals surface area contributed by atoms with E-state index in [1.54, 1.807) is 24.5 Å². The van der Waals surface area contributed by atoms with Gasteiger partial charge in [0.2, 0.25) is 0 Å². The maximum absolute atomic E-state index is 13.3. The van der Waals surface area contributed by atoms with Gasteiger partial charge < -0.3 is 15.8 Å². The topological polar surface area (TPSA) is 98.4 Å². The van der Waals surface area contributed by atoms with Crippen molar-refractivity contribution in [2.75, 3.05) is 0 Å². The van der Waals surface area contributed by atoms with Crippen LogP contribution >= 0.6 is 0 Å². The van der Waals surface area contributed by atoms with Crippen LogP contribution in [0.1, 0.15) is 70.9 Å². The summed E-state index contributed by atoms with van der Waals surface area (Å²) < 4.78 is 13.3. The van der Waals surface area contributed by atoms with Crippen LogP contribution in [0.3, 0.4) is 0 Å². The average molecular weight is 505 g/mol. The fraction of sp³-hybridized carbons (Fsp3) is 0.467. The number of pyridine rings is 1. The third-order valence-corrected chi connectivity index (χ3v) is 8.53. The van der Waals surface area contributed by atoms with Gasteiger partial charge in [0.1, 0.15) is 11.4 Å². The highest BCUT2D eigenvalue weighted by Crippen LogP contribution is 2.56. The van der Waals surface area contributed by atoms with Crippen molar-refractivity contribution in [3.8, 4) is 0 Å². The first-order chi connectivity index (χ1) is 17.7. The molecule has 0 spiro atoms. The van der Waals surface area contributed by atoms with E-state index in [1.807, 2.05) is 26.0 Å². The van der Waals surface area contributed by atoms with Crippen LogP contribution in [-0.4, -0.2) is 33.5 Å². The average Bonchev–Trinajstić information content (AvgIpc) is 3.23. The van der Waals surface area contributed by atoms with Crippen LogP contribution in [0.4, 0.5) is 10.1 Å². The van der Waals surface area contributed by atoms with E-state index >= 15 is 0 Å². The predicted octanol–water partition coefficient (Wildman–Crippen LogP) is 6.10. The highest BCUT2D eigenvalue weighted by atomic mass is 19.1. The molecule has 196 valence electrons. The second-order valence-electron chi connectivity index (χ2n) is 10.6. The maximum Gasteiger partial charge on any atom is 0.252 e. The van der Waals surface area contributed by atoms with Gasteiger partial charge in [-0.15, -0.1) is 0 Å². The summed E-state index contributed by atoms with van der Waals surface area (Å²) in [4.78, 5) is 22.1. The Morgan fingerprint density at radius 1 is 1.32 bits per heavy atom. The second-order valence-corrected chi connectivity index (χ2v) is 10.6. The second kappa shape index (κ2) is 11.1. The number of allylic oxidation sites excluding steroid dienone is 2. The van der Waals surface area contributed by atoms with E-state index < -0.39 is 5.60 Å². The number of benzene rings is 1. The zero-order chi connectivity index (χ0) is 26.6. The van der Waals surface area contributed by atoms with Gasteiger partial charge in [0.25, 0.3) is 5.91 Å². The van der Waals surface area contributed by atoms with E-state index in [-0.39, 0.29) is 35.0 Å². The Morgan fingerprint density at radius 2 is 2.05 bits per heavy atom. The molecule has 7 heteroatoms. The van der Waals surface area contributed by atoms with Gasteiger partial charge in [-0.25, -0.2) is 4.39 Å². The quantitative estimate of drug-likeness (QED) is 0.360. The number of hydrogen-bond donors (Lipinski definition) is 3. The van der Waals surface area contributed by atoms with Crippen LogP contribution in [0.2, 0.25) is 0 Å². The minimum absolute atomic E-state index is 0.138. The van der Waals surface area contributed by atoms with Gasteiger partial charge in [-0.3, -0.25) is 14.8 Å². The van der Waals surface area contributed by atoms with Crippen LogP contribution in [0.5, 0.6) is 0 Å². The summed E-state index contributed by atoms with van der Waals surface area (Å²) in [6, 6.07) is 9.67. The molecule has 1 aromatic heterocycles. The summed E-state index contributed by atoms with van der Waals surface area (Å²) in [7, 11) is 0. The number of nitrogens with zero attached hydrogens (tertiary/aromatic N) is 2. The number of carbonyl (C=O) groups is 1. The minimum atomic E-state index is -1.40. The summed E-state index contributed by atoms with van der Waals surface area (Å²) in [5.74, 6) is -0.515. The number of aromatic nitrogens is 1.